The fourth-order valence-electron chi connectivity index (χ4n) is 0.580. The molecule has 15 heavy (non-hydrogen) atoms. The van der Waals surface area contributed by atoms with Gasteiger partial charge in [0.1, 0.15) is 0 Å². The second kappa shape index (κ2) is 7.55. The molecule has 0 bridgehead atoms. The lowest BCUT2D eigenvalue weighted by Crippen LogP contribution is -1.72. The standard InChI is InChI=1S/C11H16N4/c1-5-9(3)14-15-11(6-2)8-7-10(4)13-12/h5-8,12H,2H2,1,3-4H3/b9-5+,10-7+,11-8+,13-12?,15-14+. The Hall–Kier alpha value is -1.84. The van der Waals surface area contributed by atoms with Crippen molar-refractivity contribution in [3.8, 4) is 0 Å². The van der Waals surface area contributed by atoms with Crippen LogP contribution in [0.25, 0.3) is 0 Å². The number of allylic oxidation sites excluding steroid dienone is 6. The summed E-state index contributed by atoms with van der Waals surface area (Å²) in [6.45, 7) is 9.12. The van der Waals surface area contributed by atoms with Crippen molar-refractivity contribution in [3.05, 3.63) is 48.0 Å². The number of hydrogen-bond donors (Lipinski definition) is 1. The molecule has 0 aliphatic rings. The zero-order chi connectivity index (χ0) is 11.7. The first-order valence-corrected chi connectivity index (χ1v) is 4.57. The predicted octanol–water partition coefficient (Wildman–Crippen LogP) is 4.37. The largest absolute Gasteiger partial charge is 0.205 e. The van der Waals surface area contributed by atoms with Crippen LogP contribution in [0.3, 0.4) is 0 Å². The third-order valence-corrected chi connectivity index (χ3v) is 1.62. The lowest BCUT2D eigenvalue weighted by Gasteiger charge is -1.91. The summed E-state index contributed by atoms with van der Waals surface area (Å²) in [4.78, 5) is 0. The van der Waals surface area contributed by atoms with Crippen molar-refractivity contribution in [3.63, 3.8) is 0 Å². The highest BCUT2D eigenvalue weighted by Crippen LogP contribution is 2.05. The van der Waals surface area contributed by atoms with Gasteiger partial charge in [-0.25, -0.2) is 5.53 Å². The maximum Gasteiger partial charge on any atom is 0.0851 e. The Bertz CT molecular complexity index is 346. The third kappa shape index (κ3) is 6.26. The Morgan fingerprint density at radius 3 is 2.27 bits per heavy atom. The monoisotopic (exact) mass is 204 g/mol. The Balaban J connectivity index is 4.71. The molecule has 0 unspecified atom stereocenters. The van der Waals surface area contributed by atoms with E-state index in [1.54, 1.807) is 25.2 Å². The van der Waals surface area contributed by atoms with Crippen LogP contribution in [0, 0.1) is 5.53 Å². The van der Waals surface area contributed by atoms with Gasteiger partial charge in [-0.15, -0.1) is 0 Å². The third-order valence-electron chi connectivity index (χ3n) is 1.62. The average molecular weight is 204 g/mol. The number of azo groups is 1. The van der Waals surface area contributed by atoms with Crippen molar-refractivity contribution in [2.75, 3.05) is 0 Å². The molecule has 1 N–H and O–H groups in total. The van der Waals surface area contributed by atoms with Crippen molar-refractivity contribution in [1.82, 2.24) is 0 Å². The zero-order valence-electron chi connectivity index (χ0n) is 9.36. The molecule has 0 aromatic heterocycles. The Morgan fingerprint density at radius 2 is 1.80 bits per heavy atom. The van der Waals surface area contributed by atoms with Gasteiger partial charge in [0.25, 0.3) is 0 Å². The molecule has 0 aromatic carbocycles. The molecule has 0 aromatic rings. The highest BCUT2D eigenvalue weighted by Gasteiger charge is 1.87. The van der Waals surface area contributed by atoms with Crippen LogP contribution in [0.15, 0.2) is 63.3 Å². The van der Waals surface area contributed by atoms with Crippen LogP contribution in [0.2, 0.25) is 0 Å². The summed E-state index contributed by atoms with van der Waals surface area (Å²) in [6, 6.07) is 0. The molecule has 0 heterocycles. The molecule has 0 spiro atoms. The van der Waals surface area contributed by atoms with Gasteiger partial charge in [0.2, 0.25) is 0 Å². The van der Waals surface area contributed by atoms with E-state index in [2.05, 4.69) is 21.9 Å². The second-order valence-electron chi connectivity index (χ2n) is 2.85. The Kier molecular flexibility index (Phi) is 6.63. The van der Waals surface area contributed by atoms with Crippen molar-refractivity contribution in [2.24, 2.45) is 15.3 Å². The van der Waals surface area contributed by atoms with Crippen LogP contribution >= 0.6 is 0 Å². The molecular formula is C11H16N4. The summed E-state index contributed by atoms with van der Waals surface area (Å²) in [5.74, 6) is 0. The normalized spacial score (nSPS) is 14.5. The van der Waals surface area contributed by atoms with Crippen molar-refractivity contribution < 1.29 is 0 Å². The molecule has 0 saturated heterocycles. The molecule has 0 aliphatic carbocycles. The van der Waals surface area contributed by atoms with E-state index in [0.29, 0.717) is 11.4 Å². The van der Waals surface area contributed by atoms with Gasteiger partial charge in [-0.05, 0) is 39.0 Å². The lowest BCUT2D eigenvalue weighted by atomic mass is 10.3. The van der Waals surface area contributed by atoms with Crippen molar-refractivity contribution >= 4 is 0 Å². The molecule has 0 aliphatic heterocycles. The Labute approximate surface area is 90.3 Å². The van der Waals surface area contributed by atoms with Crippen LogP contribution in [0.1, 0.15) is 20.8 Å². The summed E-state index contributed by atoms with van der Waals surface area (Å²) < 4.78 is 0. The van der Waals surface area contributed by atoms with Crippen LogP contribution in [0.5, 0.6) is 0 Å². The van der Waals surface area contributed by atoms with Gasteiger partial charge in [0, 0.05) is 0 Å². The van der Waals surface area contributed by atoms with E-state index in [9.17, 15) is 0 Å². The second-order valence-corrected chi connectivity index (χ2v) is 2.85. The molecule has 0 atom stereocenters. The maximum atomic E-state index is 6.75. The minimum atomic E-state index is 0.604. The van der Waals surface area contributed by atoms with Crippen LogP contribution in [-0.2, 0) is 0 Å². The van der Waals surface area contributed by atoms with Gasteiger partial charge in [0.05, 0.1) is 17.1 Å². The zero-order valence-corrected chi connectivity index (χ0v) is 9.36. The van der Waals surface area contributed by atoms with Gasteiger partial charge in [-0.1, -0.05) is 12.7 Å². The molecule has 4 heteroatoms. The molecule has 0 rings (SSSR count). The van der Waals surface area contributed by atoms with E-state index < -0.39 is 0 Å². The fourth-order valence-corrected chi connectivity index (χ4v) is 0.580. The van der Waals surface area contributed by atoms with E-state index >= 15 is 0 Å². The summed E-state index contributed by atoms with van der Waals surface area (Å²) in [5.41, 5.74) is 8.83. The summed E-state index contributed by atoms with van der Waals surface area (Å²) in [6.07, 6.45) is 6.87. The van der Waals surface area contributed by atoms with Gasteiger partial charge < -0.3 is 0 Å². The number of rotatable bonds is 5. The Morgan fingerprint density at radius 1 is 1.13 bits per heavy atom. The minimum Gasteiger partial charge on any atom is -0.205 e. The maximum absolute atomic E-state index is 6.75. The van der Waals surface area contributed by atoms with E-state index in [0.717, 1.165) is 5.70 Å². The molecule has 80 valence electrons. The van der Waals surface area contributed by atoms with Crippen LogP contribution in [-0.4, -0.2) is 0 Å². The molecule has 0 radical (unpaired) electrons. The molecular weight excluding hydrogens is 188 g/mol. The first kappa shape index (κ1) is 13.2. The average Bonchev–Trinajstić information content (AvgIpc) is 2.28. The smallest absolute Gasteiger partial charge is 0.0851 e. The molecule has 0 amide bonds. The van der Waals surface area contributed by atoms with Gasteiger partial charge >= 0.3 is 0 Å². The first-order chi connectivity index (χ1) is 7.13. The fraction of sp³-hybridized carbons (Fsp3) is 0.273. The first-order valence-electron chi connectivity index (χ1n) is 4.57. The molecule has 0 saturated carbocycles. The predicted molar refractivity (Wildman–Crippen MR) is 61.5 cm³/mol. The molecule has 4 nitrogen and oxygen atoms in total. The van der Waals surface area contributed by atoms with E-state index in [1.165, 1.54) is 0 Å². The molecule has 0 fully saturated rings. The lowest BCUT2D eigenvalue weighted by molar-refractivity contribution is 1.05. The minimum absolute atomic E-state index is 0.604. The van der Waals surface area contributed by atoms with E-state index in [1.807, 2.05) is 19.9 Å². The van der Waals surface area contributed by atoms with Crippen molar-refractivity contribution in [2.45, 2.75) is 20.8 Å². The number of nitrogens with one attached hydrogen (secondary N) is 1. The van der Waals surface area contributed by atoms with Gasteiger partial charge in [-0.3, -0.25) is 0 Å². The number of nitrogens with zero attached hydrogens (tertiary/aromatic N) is 3. The summed E-state index contributed by atoms with van der Waals surface area (Å²) in [7, 11) is 0. The van der Waals surface area contributed by atoms with E-state index in [4.69, 9.17) is 5.53 Å². The SMILES string of the molecule is C=CC(=C\C=C(/C)N=N)/N=N/C(C)=C/C. The van der Waals surface area contributed by atoms with Crippen LogP contribution in [0.4, 0.5) is 0 Å². The summed E-state index contributed by atoms with van der Waals surface area (Å²) >= 11 is 0. The van der Waals surface area contributed by atoms with Gasteiger partial charge in [-0.2, -0.15) is 15.3 Å². The highest BCUT2D eigenvalue weighted by molar-refractivity contribution is 5.22. The van der Waals surface area contributed by atoms with Gasteiger partial charge in [0.15, 0.2) is 0 Å². The topological polar surface area (TPSA) is 60.9 Å². The highest BCUT2D eigenvalue weighted by atomic mass is 15.1. The summed E-state index contributed by atoms with van der Waals surface area (Å²) in [5, 5.41) is 11.2. The van der Waals surface area contributed by atoms with Crippen molar-refractivity contribution in [1.29, 1.82) is 5.53 Å². The number of hydrogen-bond acceptors (Lipinski definition) is 4. The quantitative estimate of drug-likeness (QED) is 0.510. The van der Waals surface area contributed by atoms with E-state index in [-0.39, 0.29) is 0 Å². The van der Waals surface area contributed by atoms with Crippen LogP contribution < -0.4 is 0 Å².